The molecule has 8 heteroatoms. The molecule has 0 aliphatic heterocycles. The molecule has 2 N–H and O–H groups in total. The summed E-state index contributed by atoms with van der Waals surface area (Å²) in [5.74, 6) is -0.217. The van der Waals surface area contributed by atoms with Crippen LogP contribution < -0.4 is 10.9 Å². The van der Waals surface area contributed by atoms with E-state index in [0.29, 0.717) is 16.2 Å². The van der Waals surface area contributed by atoms with Gasteiger partial charge in [0.1, 0.15) is 16.3 Å². The molecule has 0 aliphatic rings. The number of hydrogen-bond acceptors (Lipinski definition) is 6. The Morgan fingerprint density at radius 1 is 0.893 bits per heavy atom. The molecule has 0 spiro atoms. The minimum Gasteiger partial charge on any atom is -0.266 e. The maximum atomic E-state index is 12.6. The summed E-state index contributed by atoms with van der Waals surface area (Å²) in [6.07, 6.45) is 0. The third-order valence-electron chi connectivity index (χ3n) is 4.41. The van der Waals surface area contributed by atoms with Crippen LogP contribution >= 0.6 is 11.3 Å². The Hall–Kier alpha value is -3.39. The molecule has 4 aromatic rings. The van der Waals surface area contributed by atoms with E-state index in [9.17, 15) is 9.59 Å². The largest absolute Gasteiger partial charge is 0.288 e. The van der Waals surface area contributed by atoms with Gasteiger partial charge >= 0.3 is 0 Å². The maximum absolute atomic E-state index is 12.6. The predicted octanol–water partition coefficient (Wildman–Crippen LogP) is 3.24. The number of nitrogens with one attached hydrogen (secondary N) is 2. The Kier molecular flexibility index (Phi) is 4.48. The number of thiophene rings is 1. The number of aryl methyl sites for hydroxylation is 3. The average Bonchev–Trinajstić information content (AvgIpc) is 3.02. The molecule has 0 saturated heterocycles. The molecule has 1 aromatic carbocycles. The highest BCUT2D eigenvalue weighted by atomic mass is 32.1. The molecule has 7 nitrogen and oxygen atoms in total. The topological polar surface area (TPSA) is 96.9 Å². The number of carbonyl (C=O) groups excluding carboxylic acids is 2. The van der Waals surface area contributed by atoms with Crippen molar-refractivity contribution in [1.29, 1.82) is 0 Å². The minimum absolute atomic E-state index is 0.226. The highest BCUT2D eigenvalue weighted by molar-refractivity contribution is 7.20. The molecule has 0 aliphatic carbocycles. The summed E-state index contributed by atoms with van der Waals surface area (Å²) < 4.78 is 0. The van der Waals surface area contributed by atoms with Crippen LogP contribution in [0.4, 0.5) is 0 Å². The standard InChI is InChI=1S/C20H17N5O2S/c1-10-16-11(2)21-12(3)22-20(16)28-17(10)19(27)25-24-18(26)15-9-8-13-6-4-5-7-14(13)23-15/h4-9H,1-3H3,(H,24,26)(H,25,27). The number of hydrogen-bond donors (Lipinski definition) is 2. The van der Waals surface area contributed by atoms with E-state index < -0.39 is 11.8 Å². The molecule has 0 saturated carbocycles. The highest BCUT2D eigenvalue weighted by Gasteiger charge is 2.19. The molecule has 4 rings (SSSR count). The quantitative estimate of drug-likeness (QED) is 0.511. The van der Waals surface area contributed by atoms with Crippen molar-refractivity contribution in [2.45, 2.75) is 20.8 Å². The van der Waals surface area contributed by atoms with E-state index >= 15 is 0 Å². The lowest BCUT2D eigenvalue weighted by molar-refractivity contribution is 0.0846. The smallest absolute Gasteiger partial charge is 0.266 e. The summed E-state index contributed by atoms with van der Waals surface area (Å²) in [4.78, 5) is 39.3. The van der Waals surface area contributed by atoms with Crippen molar-refractivity contribution in [3.63, 3.8) is 0 Å². The molecule has 0 bridgehead atoms. The summed E-state index contributed by atoms with van der Waals surface area (Å²) >= 11 is 1.28. The molecule has 140 valence electrons. The van der Waals surface area contributed by atoms with Crippen molar-refractivity contribution >= 4 is 44.3 Å². The van der Waals surface area contributed by atoms with Gasteiger partial charge in [-0.3, -0.25) is 20.4 Å². The van der Waals surface area contributed by atoms with Gasteiger partial charge < -0.3 is 0 Å². The van der Waals surface area contributed by atoms with E-state index in [4.69, 9.17) is 0 Å². The first-order valence-corrected chi connectivity index (χ1v) is 9.46. The van der Waals surface area contributed by atoms with Gasteiger partial charge in [0.15, 0.2) is 0 Å². The second-order valence-electron chi connectivity index (χ2n) is 6.39. The number of rotatable bonds is 2. The molecule has 28 heavy (non-hydrogen) atoms. The average molecular weight is 391 g/mol. The van der Waals surface area contributed by atoms with Crippen LogP contribution in [0.5, 0.6) is 0 Å². The van der Waals surface area contributed by atoms with Crippen LogP contribution in [0.3, 0.4) is 0 Å². The molecule has 3 heterocycles. The van der Waals surface area contributed by atoms with Crippen molar-refractivity contribution < 1.29 is 9.59 Å². The fraction of sp³-hybridized carbons (Fsp3) is 0.150. The Morgan fingerprint density at radius 3 is 2.46 bits per heavy atom. The normalized spacial score (nSPS) is 11.0. The van der Waals surface area contributed by atoms with Crippen molar-refractivity contribution in [1.82, 2.24) is 25.8 Å². The van der Waals surface area contributed by atoms with Gasteiger partial charge in [0.05, 0.1) is 10.4 Å². The van der Waals surface area contributed by atoms with E-state index in [2.05, 4.69) is 25.8 Å². The van der Waals surface area contributed by atoms with E-state index in [1.54, 1.807) is 6.07 Å². The summed E-state index contributed by atoms with van der Waals surface area (Å²) in [6.45, 7) is 5.57. The zero-order valence-corrected chi connectivity index (χ0v) is 16.3. The number of fused-ring (bicyclic) bond motifs is 2. The lowest BCUT2D eigenvalue weighted by atomic mass is 10.1. The van der Waals surface area contributed by atoms with Crippen LogP contribution in [-0.2, 0) is 0 Å². The minimum atomic E-state index is -0.482. The highest BCUT2D eigenvalue weighted by Crippen LogP contribution is 2.31. The lowest BCUT2D eigenvalue weighted by Gasteiger charge is -2.07. The summed E-state index contributed by atoms with van der Waals surface area (Å²) in [7, 11) is 0. The van der Waals surface area contributed by atoms with Gasteiger partial charge in [0.25, 0.3) is 11.8 Å². The van der Waals surface area contributed by atoms with Gasteiger partial charge in [-0.15, -0.1) is 11.3 Å². The number of pyridine rings is 1. The van der Waals surface area contributed by atoms with Crippen molar-refractivity contribution in [3.05, 3.63) is 64.1 Å². The zero-order valence-electron chi connectivity index (χ0n) is 15.5. The zero-order chi connectivity index (χ0) is 19.8. The Morgan fingerprint density at radius 2 is 1.64 bits per heavy atom. The number of aromatic nitrogens is 3. The van der Waals surface area contributed by atoms with E-state index in [1.165, 1.54) is 11.3 Å². The molecular weight excluding hydrogens is 374 g/mol. The molecule has 3 aromatic heterocycles. The van der Waals surface area contributed by atoms with Gasteiger partial charge in [-0.2, -0.15) is 0 Å². The van der Waals surface area contributed by atoms with E-state index in [0.717, 1.165) is 26.9 Å². The van der Waals surface area contributed by atoms with Crippen LogP contribution in [0.15, 0.2) is 36.4 Å². The number of nitrogens with zero attached hydrogens (tertiary/aromatic N) is 3. The molecule has 0 unspecified atom stereocenters. The van der Waals surface area contributed by atoms with Crippen LogP contribution in [0.25, 0.3) is 21.1 Å². The maximum Gasteiger partial charge on any atom is 0.288 e. The Balaban J connectivity index is 1.53. The lowest BCUT2D eigenvalue weighted by Crippen LogP contribution is -2.41. The number of benzene rings is 1. The fourth-order valence-electron chi connectivity index (χ4n) is 3.12. The summed E-state index contributed by atoms with van der Waals surface area (Å²) in [6, 6.07) is 11.0. The second kappa shape index (κ2) is 6.97. The molecule has 0 fully saturated rings. The molecule has 0 radical (unpaired) electrons. The third-order valence-corrected chi connectivity index (χ3v) is 5.59. The van der Waals surface area contributed by atoms with E-state index in [-0.39, 0.29) is 5.69 Å². The van der Waals surface area contributed by atoms with Crippen molar-refractivity contribution in [3.8, 4) is 0 Å². The summed E-state index contributed by atoms with van der Waals surface area (Å²) in [5.41, 5.74) is 7.47. The van der Waals surface area contributed by atoms with Crippen LogP contribution in [0, 0.1) is 20.8 Å². The SMILES string of the molecule is Cc1nc(C)c2c(C)c(C(=O)NNC(=O)c3ccc4ccccc4n3)sc2n1. The Bertz CT molecular complexity index is 1250. The number of carbonyl (C=O) groups is 2. The van der Waals surface area contributed by atoms with Gasteiger partial charge in [0.2, 0.25) is 0 Å². The number of amides is 2. The number of para-hydroxylation sites is 1. The third kappa shape index (κ3) is 3.18. The monoisotopic (exact) mass is 391 g/mol. The Labute approximate surface area is 164 Å². The molecule has 0 atom stereocenters. The van der Waals surface area contributed by atoms with Gasteiger partial charge in [-0.05, 0) is 38.5 Å². The molecule has 2 amide bonds. The summed E-state index contributed by atoms with van der Waals surface area (Å²) in [5, 5.41) is 1.82. The van der Waals surface area contributed by atoms with E-state index in [1.807, 2.05) is 51.1 Å². The van der Waals surface area contributed by atoms with Crippen molar-refractivity contribution in [2.24, 2.45) is 0 Å². The van der Waals surface area contributed by atoms with Crippen LogP contribution in [0.1, 0.15) is 37.2 Å². The predicted molar refractivity (Wildman–Crippen MR) is 108 cm³/mol. The fourth-order valence-corrected chi connectivity index (χ4v) is 4.29. The second-order valence-corrected chi connectivity index (χ2v) is 7.39. The van der Waals surface area contributed by atoms with Gasteiger partial charge in [-0.25, -0.2) is 15.0 Å². The first-order chi connectivity index (χ1) is 13.4. The van der Waals surface area contributed by atoms with Gasteiger partial charge in [-0.1, -0.05) is 24.3 Å². The van der Waals surface area contributed by atoms with Crippen molar-refractivity contribution in [2.75, 3.05) is 0 Å². The van der Waals surface area contributed by atoms with Crippen LogP contribution in [0.2, 0.25) is 0 Å². The first kappa shape index (κ1) is 18.0. The molecular formula is C20H17N5O2S. The number of hydrazine groups is 1. The first-order valence-electron chi connectivity index (χ1n) is 8.65. The van der Waals surface area contributed by atoms with Crippen LogP contribution in [-0.4, -0.2) is 26.8 Å². The van der Waals surface area contributed by atoms with Gasteiger partial charge in [0, 0.05) is 16.5 Å².